The molecule has 1 heterocycles. The highest BCUT2D eigenvalue weighted by Gasteiger charge is 2.02. The van der Waals surface area contributed by atoms with Gasteiger partial charge in [-0.1, -0.05) is 0 Å². The van der Waals surface area contributed by atoms with Crippen LogP contribution in [-0.4, -0.2) is 11.0 Å². The number of aromatic nitrogens is 1. The van der Waals surface area contributed by atoms with Crippen molar-refractivity contribution in [2.24, 2.45) is 0 Å². The van der Waals surface area contributed by atoms with Crippen molar-refractivity contribution in [3.63, 3.8) is 0 Å². The van der Waals surface area contributed by atoms with Crippen molar-refractivity contribution >= 4 is 11.8 Å². The molecule has 2 N–H and O–H groups in total. The van der Waals surface area contributed by atoms with Gasteiger partial charge in [0.05, 0.1) is 6.20 Å². The molecule has 0 atom stereocenters. The summed E-state index contributed by atoms with van der Waals surface area (Å²) in [6.45, 7) is 3.14. The van der Waals surface area contributed by atoms with Gasteiger partial charge in [-0.05, 0) is 18.6 Å². The third-order valence-corrected chi connectivity index (χ3v) is 1.34. The average Bonchev–Trinajstić information content (AvgIpc) is 1.94. The molecule has 12 heavy (non-hydrogen) atoms. The van der Waals surface area contributed by atoms with E-state index < -0.39 is 0 Å². The zero-order valence-electron chi connectivity index (χ0n) is 7.00. The smallest absolute Gasteiger partial charge is 0.308 e. The quantitative estimate of drug-likeness (QED) is 0.629. The summed E-state index contributed by atoms with van der Waals surface area (Å²) in [5.41, 5.74) is 6.21. The number of aryl methyl sites for hydroxylation is 1. The molecule has 0 aliphatic rings. The van der Waals surface area contributed by atoms with Gasteiger partial charge in [-0.3, -0.25) is 4.79 Å². The van der Waals surface area contributed by atoms with Crippen LogP contribution in [0.4, 0.5) is 5.82 Å². The first kappa shape index (κ1) is 8.52. The second-order valence-corrected chi connectivity index (χ2v) is 2.47. The first-order valence-corrected chi connectivity index (χ1v) is 3.50. The fourth-order valence-electron chi connectivity index (χ4n) is 0.827. The Morgan fingerprint density at radius 3 is 2.83 bits per heavy atom. The van der Waals surface area contributed by atoms with Gasteiger partial charge in [-0.15, -0.1) is 0 Å². The van der Waals surface area contributed by atoms with Crippen molar-refractivity contribution < 1.29 is 9.53 Å². The van der Waals surface area contributed by atoms with E-state index in [1.807, 2.05) is 0 Å². The fraction of sp³-hybridized carbons (Fsp3) is 0.250. The van der Waals surface area contributed by atoms with E-state index in [0.29, 0.717) is 11.6 Å². The van der Waals surface area contributed by atoms with Gasteiger partial charge in [0, 0.05) is 6.92 Å². The number of carbonyl (C=O) groups is 1. The number of nitrogens with zero attached hydrogens (tertiary/aromatic N) is 1. The fourth-order valence-corrected chi connectivity index (χ4v) is 0.827. The SMILES string of the molecule is CC(=O)Oc1cnc(N)cc1C. The van der Waals surface area contributed by atoms with Crippen LogP contribution in [0.25, 0.3) is 0 Å². The van der Waals surface area contributed by atoms with Gasteiger partial charge in [0.2, 0.25) is 0 Å². The third kappa shape index (κ3) is 1.95. The molecule has 0 aromatic carbocycles. The standard InChI is InChI=1S/C8H10N2O2/c1-5-3-8(9)10-4-7(5)12-6(2)11/h3-4H,1-2H3,(H2,9,10). The molecule has 0 radical (unpaired) electrons. The molecule has 64 valence electrons. The number of pyridine rings is 1. The monoisotopic (exact) mass is 166 g/mol. The lowest BCUT2D eigenvalue weighted by molar-refractivity contribution is -0.131. The Balaban J connectivity index is 2.93. The summed E-state index contributed by atoms with van der Waals surface area (Å²) in [6, 6.07) is 1.65. The molecule has 0 amide bonds. The number of carbonyl (C=O) groups excluding carboxylic acids is 1. The molecular formula is C8H10N2O2. The lowest BCUT2D eigenvalue weighted by Gasteiger charge is -2.04. The largest absolute Gasteiger partial charge is 0.425 e. The van der Waals surface area contributed by atoms with Crippen molar-refractivity contribution in [2.45, 2.75) is 13.8 Å². The molecule has 1 aromatic rings. The van der Waals surface area contributed by atoms with E-state index >= 15 is 0 Å². The van der Waals surface area contributed by atoms with Gasteiger partial charge in [-0.25, -0.2) is 4.98 Å². The van der Waals surface area contributed by atoms with Crippen LogP contribution in [0.3, 0.4) is 0 Å². The van der Waals surface area contributed by atoms with Crippen LogP contribution in [0.5, 0.6) is 5.75 Å². The van der Waals surface area contributed by atoms with E-state index in [1.54, 1.807) is 13.0 Å². The number of esters is 1. The minimum absolute atomic E-state index is 0.357. The molecule has 0 unspecified atom stereocenters. The molecule has 0 aliphatic heterocycles. The minimum Gasteiger partial charge on any atom is -0.425 e. The van der Waals surface area contributed by atoms with Crippen LogP contribution in [-0.2, 0) is 4.79 Å². The Labute approximate surface area is 70.4 Å². The van der Waals surface area contributed by atoms with Crippen LogP contribution < -0.4 is 10.5 Å². The number of ether oxygens (including phenoxy) is 1. The van der Waals surface area contributed by atoms with Crippen molar-refractivity contribution in [3.05, 3.63) is 17.8 Å². The highest BCUT2D eigenvalue weighted by molar-refractivity contribution is 5.69. The summed E-state index contributed by atoms with van der Waals surface area (Å²) in [5, 5.41) is 0. The van der Waals surface area contributed by atoms with Gasteiger partial charge in [0.1, 0.15) is 5.82 Å². The lowest BCUT2D eigenvalue weighted by atomic mass is 10.3. The van der Waals surface area contributed by atoms with Crippen LogP contribution >= 0.6 is 0 Å². The second-order valence-electron chi connectivity index (χ2n) is 2.47. The predicted molar refractivity (Wildman–Crippen MR) is 44.7 cm³/mol. The van der Waals surface area contributed by atoms with Crippen LogP contribution in [0.15, 0.2) is 12.3 Å². The van der Waals surface area contributed by atoms with E-state index in [2.05, 4.69) is 4.98 Å². The maximum absolute atomic E-state index is 10.6. The molecule has 0 saturated heterocycles. The van der Waals surface area contributed by atoms with Crippen molar-refractivity contribution in [1.82, 2.24) is 4.98 Å². The molecular weight excluding hydrogens is 156 g/mol. The van der Waals surface area contributed by atoms with E-state index in [-0.39, 0.29) is 5.97 Å². The zero-order valence-corrected chi connectivity index (χ0v) is 7.00. The minimum atomic E-state index is -0.357. The van der Waals surface area contributed by atoms with Crippen LogP contribution in [0, 0.1) is 6.92 Å². The van der Waals surface area contributed by atoms with Gasteiger partial charge in [0.25, 0.3) is 0 Å². The van der Waals surface area contributed by atoms with Gasteiger partial charge >= 0.3 is 5.97 Å². The maximum Gasteiger partial charge on any atom is 0.308 e. The topological polar surface area (TPSA) is 65.2 Å². The molecule has 4 heteroatoms. The first-order chi connectivity index (χ1) is 5.59. The summed E-state index contributed by atoms with van der Waals surface area (Å²) in [7, 11) is 0. The normalized spacial score (nSPS) is 9.50. The molecule has 0 aliphatic carbocycles. The zero-order chi connectivity index (χ0) is 9.14. The number of anilines is 1. The Morgan fingerprint density at radius 2 is 2.33 bits per heavy atom. The molecule has 0 saturated carbocycles. The summed E-state index contributed by atoms with van der Waals surface area (Å²) in [6.07, 6.45) is 1.44. The Bertz CT molecular complexity index is 310. The summed E-state index contributed by atoms with van der Waals surface area (Å²) >= 11 is 0. The number of nitrogens with two attached hydrogens (primary N) is 1. The summed E-state index contributed by atoms with van der Waals surface area (Å²) < 4.78 is 4.84. The van der Waals surface area contributed by atoms with E-state index in [9.17, 15) is 4.79 Å². The van der Waals surface area contributed by atoms with Crippen molar-refractivity contribution in [2.75, 3.05) is 5.73 Å². The van der Waals surface area contributed by atoms with Gasteiger partial charge in [-0.2, -0.15) is 0 Å². The second kappa shape index (κ2) is 3.21. The molecule has 1 aromatic heterocycles. The van der Waals surface area contributed by atoms with E-state index in [4.69, 9.17) is 10.5 Å². The molecule has 4 nitrogen and oxygen atoms in total. The predicted octanol–water partition coefficient (Wildman–Crippen LogP) is 0.898. The average molecular weight is 166 g/mol. The Hall–Kier alpha value is -1.58. The number of hydrogen-bond acceptors (Lipinski definition) is 4. The Morgan fingerprint density at radius 1 is 1.67 bits per heavy atom. The number of hydrogen-bond donors (Lipinski definition) is 1. The highest BCUT2D eigenvalue weighted by atomic mass is 16.5. The highest BCUT2D eigenvalue weighted by Crippen LogP contribution is 2.17. The first-order valence-electron chi connectivity index (χ1n) is 3.50. The van der Waals surface area contributed by atoms with Crippen LogP contribution in [0.1, 0.15) is 12.5 Å². The van der Waals surface area contributed by atoms with E-state index in [1.165, 1.54) is 13.1 Å². The Kier molecular flexibility index (Phi) is 2.28. The lowest BCUT2D eigenvalue weighted by Crippen LogP contribution is -2.03. The maximum atomic E-state index is 10.6. The third-order valence-electron chi connectivity index (χ3n) is 1.34. The number of nitrogen functional groups attached to an aromatic ring is 1. The summed E-state index contributed by atoms with van der Waals surface area (Å²) in [5.74, 6) is 0.518. The summed E-state index contributed by atoms with van der Waals surface area (Å²) in [4.78, 5) is 14.4. The molecule has 0 bridgehead atoms. The molecule has 1 rings (SSSR count). The number of rotatable bonds is 1. The molecule has 0 fully saturated rings. The molecule has 0 spiro atoms. The van der Waals surface area contributed by atoms with Gasteiger partial charge < -0.3 is 10.5 Å². The van der Waals surface area contributed by atoms with Crippen molar-refractivity contribution in [1.29, 1.82) is 0 Å². The van der Waals surface area contributed by atoms with Crippen molar-refractivity contribution in [3.8, 4) is 5.75 Å². The van der Waals surface area contributed by atoms with Gasteiger partial charge in [0.15, 0.2) is 5.75 Å². The van der Waals surface area contributed by atoms with E-state index in [0.717, 1.165) is 5.56 Å². The van der Waals surface area contributed by atoms with Crippen LogP contribution in [0.2, 0.25) is 0 Å².